The highest BCUT2D eigenvalue weighted by molar-refractivity contribution is 5.29. The number of hydrogen-bond acceptors (Lipinski definition) is 4. The van der Waals surface area contributed by atoms with E-state index in [1.807, 2.05) is 0 Å². The molecule has 2 rings (SSSR count). The summed E-state index contributed by atoms with van der Waals surface area (Å²) in [5, 5.41) is 16.5. The lowest BCUT2D eigenvalue weighted by molar-refractivity contribution is 0.276. The van der Waals surface area contributed by atoms with E-state index in [0.29, 0.717) is 17.0 Å². The Labute approximate surface area is 97.5 Å². The molecule has 1 aromatic heterocycles. The van der Waals surface area contributed by atoms with Crippen LogP contribution in [0, 0.1) is 5.82 Å². The average Bonchev–Trinajstić information content (AvgIpc) is 2.72. The standard InChI is InChI=1S/C11H12FN3O2/c1-15-5-10(13-14-15)7-17-11-3-8(6-16)2-9(12)4-11/h2-5,16H,6-7H2,1H3. The summed E-state index contributed by atoms with van der Waals surface area (Å²) in [7, 11) is 1.75. The van der Waals surface area contributed by atoms with Crippen LogP contribution in [0.15, 0.2) is 24.4 Å². The Hall–Kier alpha value is -1.95. The maximum Gasteiger partial charge on any atom is 0.134 e. The lowest BCUT2D eigenvalue weighted by Gasteiger charge is -2.05. The zero-order valence-electron chi connectivity index (χ0n) is 9.30. The monoisotopic (exact) mass is 237 g/mol. The molecule has 0 spiro atoms. The van der Waals surface area contributed by atoms with Crippen molar-refractivity contribution in [2.75, 3.05) is 0 Å². The van der Waals surface area contributed by atoms with Crippen LogP contribution in [0.2, 0.25) is 0 Å². The normalized spacial score (nSPS) is 10.5. The molecule has 0 aliphatic rings. The number of nitrogens with zero attached hydrogens (tertiary/aromatic N) is 3. The van der Waals surface area contributed by atoms with Crippen molar-refractivity contribution in [1.29, 1.82) is 0 Å². The second-order valence-electron chi connectivity index (χ2n) is 3.63. The first kappa shape index (κ1) is 11.5. The number of aliphatic hydroxyl groups is 1. The Balaban J connectivity index is 2.05. The highest BCUT2D eigenvalue weighted by atomic mass is 19.1. The van der Waals surface area contributed by atoms with Gasteiger partial charge in [0.1, 0.15) is 23.9 Å². The van der Waals surface area contributed by atoms with Crippen molar-refractivity contribution in [3.8, 4) is 5.75 Å². The van der Waals surface area contributed by atoms with E-state index in [1.165, 1.54) is 12.1 Å². The summed E-state index contributed by atoms with van der Waals surface area (Å²) in [5.74, 6) is -0.0783. The van der Waals surface area contributed by atoms with Gasteiger partial charge in [0.05, 0.1) is 12.8 Å². The van der Waals surface area contributed by atoms with Gasteiger partial charge in [0.2, 0.25) is 0 Å². The van der Waals surface area contributed by atoms with E-state index in [-0.39, 0.29) is 13.2 Å². The topological polar surface area (TPSA) is 60.2 Å². The molecule has 1 N–H and O–H groups in total. The Morgan fingerprint density at radius 3 is 2.88 bits per heavy atom. The van der Waals surface area contributed by atoms with E-state index in [0.717, 1.165) is 0 Å². The lowest BCUT2D eigenvalue weighted by atomic mass is 10.2. The summed E-state index contributed by atoms with van der Waals surface area (Å²) in [4.78, 5) is 0. The van der Waals surface area contributed by atoms with Crippen LogP contribution in [0.3, 0.4) is 0 Å². The van der Waals surface area contributed by atoms with Crippen molar-refractivity contribution in [3.05, 3.63) is 41.5 Å². The van der Waals surface area contributed by atoms with Gasteiger partial charge in [-0.2, -0.15) is 0 Å². The second-order valence-corrected chi connectivity index (χ2v) is 3.63. The first-order valence-electron chi connectivity index (χ1n) is 5.05. The van der Waals surface area contributed by atoms with Gasteiger partial charge in [-0.1, -0.05) is 5.21 Å². The molecule has 0 aliphatic carbocycles. The number of benzene rings is 1. The first-order valence-corrected chi connectivity index (χ1v) is 5.05. The number of aliphatic hydroxyl groups excluding tert-OH is 1. The highest BCUT2D eigenvalue weighted by Gasteiger charge is 2.03. The summed E-state index contributed by atoms with van der Waals surface area (Å²) in [6.07, 6.45) is 1.71. The van der Waals surface area contributed by atoms with Crippen LogP contribution in [-0.2, 0) is 20.3 Å². The minimum absolute atomic E-state index is 0.210. The van der Waals surface area contributed by atoms with E-state index in [4.69, 9.17) is 9.84 Å². The highest BCUT2D eigenvalue weighted by Crippen LogP contribution is 2.17. The van der Waals surface area contributed by atoms with Crippen molar-refractivity contribution in [2.24, 2.45) is 7.05 Å². The van der Waals surface area contributed by atoms with E-state index in [1.54, 1.807) is 24.0 Å². The molecule has 0 unspecified atom stereocenters. The average molecular weight is 237 g/mol. The van der Waals surface area contributed by atoms with Crippen molar-refractivity contribution < 1.29 is 14.2 Å². The molecule has 0 amide bonds. The molecule has 0 saturated carbocycles. The summed E-state index contributed by atoms with van der Waals surface area (Å²) in [6.45, 7) is -0.0125. The molecule has 0 atom stereocenters. The third kappa shape index (κ3) is 3.01. The molecule has 1 aromatic carbocycles. The van der Waals surface area contributed by atoms with E-state index in [2.05, 4.69) is 10.3 Å². The molecule has 90 valence electrons. The maximum absolute atomic E-state index is 13.1. The molecule has 0 bridgehead atoms. The minimum Gasteiger partial charge on any atom is -0.487 e. The van der Waals surface area contributed by atoms with Crippen molar-refractivity contribution in [2.45, 2.75) is 13.2 Å². The van der Waals surface area contributed by atoms with Gasteiger partial charge in [0.15, 0.2) is 0 Å². The predicted octanol–water partition coefficient (Wildman–Crippen LogP) is 1.03. The number of rotatable bonds is 4. The van der Waals surface area contributed by atoms with Crippen molar-refractivity contribution in [1.82, 2.24) is 15.0 Å². The zero-order valence-corrected chi connectivity index (χ0v) is 9.30. The molecule has 0 saturated heterocycles. The third-order valence-electron chi connectivity index (χ3n) is 2.15. The maximum atomic E-state index is 13.1. The van der Waals surface area contributed by atoms with Gasteiger partial charge >= 0.3 is 0 Å². The third-order valence-corrected chi connectivity index (χ3v) is 2.15. The first-order chi connectivity index (χ1) is 8.17. The molecule has 0 aliphatic heterocycles. The van der Waals surface area contributed by atoms with Crippen LogP contribution in [0.1, 0.15) is 11.3 Å². The molecular formula is C11H12FN3O2. The number of aryl methyl sites for hydroxylation is 1. The van der Waals surface area contributed by atoms with Gasteiger partial charge in [-0.25, -0.2) is 4.39 Å². The van der Waals surface area contributed by atoms with Crippen LogP contribution in [0.5, 0.6) is 5.75 Å². The fourth-order valence-corrected chi connectivity index (χ4v) is 1.41. The molecule has 2 aromatic rings. The summed E-state index contributed by atoms with van der Waals surface area (Å²) >= 11 is 0. The minimum atomic E-state index is -0.439. The Kier molecular flexibility index (Phi) is 3.34. The zero-order chi connectivity index (χ0) is 12.3. The lowest BCUT2D eigenvalue weighted by Crippen LogP contribution is -1.97. The quantitative estimate of drug-likeness (QED) is 0.862. The molecule has 6 heteroatoms. The fraction of sp³-hybridized carbons (Fsp3) is 0.273. The largest absolute Gasteiger partial charge is 0.487 e. The Morgan fingerprint density at radius 1 is 1.41 bits per heavy atom. The number of ether oxygens (including phenoxy) is 1. The molecule has 0 fully saturated rings. The SMILES string of the molecule is Cn1cc(COc2cc(F)cc(CO)c2)nn1. The molecule has 5 nitrogen and oxygen atoms in total. The molecule has 0 radical (unpaired) electrons. The van der Waals surface area contributed by atoms with Crippen LogP contribution < -0.4 is 4.74 Å². The van der Waals surface area contributed by atoms with Crippen molar-refractivity contribution >= 4 is 0 Å². The summed E-state index contributed by atoms with van der Waals surface area (Å²) in [5.41, 5.74) is 1.13. The molecular weight excluding hydrogens is 225 g/mol. The second kappa shape index (κ2) is 4.92. The van der Waals surface area contributed by atoms with Crippen LogP contribution in [0.4, 0.5) is 4.39 Å². The summed E-state index contributed by atoms with van der Waals surface area (Å²) < 4.78 is 20.0. The van der Waals surface area contributed by atoms with Crippen LogP contribution in [-0.4, -0.2) is 20.1 Å². The van der Waals surface area contributed by atoms with Crippen molar-refractivity contribution in [3.63, 3.8) is 0 Å². The Bertz CT molecular complexity index is 513. The fourth-order valence-electron chi connectivity index (χ4n) is 1.41. The van der Waals surface area contributed by atoms with Crippen LogP contribution in [0.25, 0.3) is 0 Å². The van der Waals surface area contributed by atoms with Gasteiger partial charge in [0.25, 0.3) is 0 Å². The number of halogens is 1. The van der Waals surface area contributed by atoms with Gasteiger partial charge in [-0.05, 0) is 17.7 Å². The smallest absolute Gasteiger partial charge is 0.134 e. The Morgan fingerprint density at radius 2 is 2.24 bits per heavy atom. The van der Waals surface area contributed by atoms with Gasteiger partial charge < -0.3 is 9.84 Å². The molecule has 17 heavy (non-hydrogen) atoms. The van der Waals surface area contributed by atoms with Gasteiger partial charge in [-0.3, -0.25) is 4.68 Å². The number of aromatic nitrogens is 3. The predicted molar refractivity (Wildman–Crippen MR) is 57.7 cm³/mol. The van der Waals surface area contributed by atoms with Gasteiger partial charge in [-0.15, -0.1) is 5.10 Å². The summed E-state index contributed by atoms with van der Waals surface area (Å²) in [6, 6.07) is 4.10. The number of hydrogen-bond donors (Lipinski definition) is 1. The van der Waals surface area contributed by atoms with E-state index < -0.39 is 5.82 Å². The van der Waals surface area contributed by atoms with E-state index >= 15 is 0 Å². The van der Waals surface area contributed by atoms with Crippen LogP contribution >= 0.6 is 0 Å². The van der Waals surface area contributed by atoms with E-state index in [9.17, 15) is 4.39 Å². The molecule has 1 heterocycles. The van der Waals surface area contributed by atoms with Gasteiger partial charge in [0, 0.05) is 13.1 Å².